The average molecular weight is 546 g/mol. The highest BCUT2D eigenvalue weighted by atomic mass is 35.5. The predicted molar refractivity (Wildman–Crippen MR) is 148 cm³/mol. The van der Waals surface area contributed by atoms with Crippen LogP contribution in [0.5, 0.6) is 11.5 Å². The summed E-state index contributed by atoms with van der Waals surface area (Å²) in [4.78, 5) is 11.6. The lowest BCUT2D eigenvalue weighted by molar-refractivity contribution is -0.160. The van der Waals surface area contributed by atoms with Gasteiger partial charge in [-0.1, -0.05) is 37.6 Å². The average Bonchev–Trinajstić information content (AvgIpc) is 2.84. The summed E-state index contributed by atoms with van der Waals surface area (Å²) in [6, 6.07) is 12.9. The molecule has 0 radical (unpaired) electrons. The van der Waals surface area contributed by atoms with Crippen molar-refractivity contribution in [3.63, 3.8) is 0 Å². The third-order valence-electron chi connectivity index (χ3n) is 5.87. The zero-order valence-corrected chi connectivity index (χ0v) is 23.9. The van der Waals surface area contributed by atoms with Gasteiger partial charge in [-0.15, -0.1) is 0 Å². The van der Waals surface area contributed by atoms with Crippen molar-refractivity contribution >= 4 is 17.6 Å². The van der Waals surface area contributed by atoms with Crippen LogP contribution in [0.2, 0.25) is 5.02 Å². The van der Waals surface area contributed by atoms with E-state index in [1.807, 2.05) is 58.9 Å². The Morgan fingerprint density at radius 3 is 2.18 bits per heavy atom. The minimum Gasteiger partial charge on any atom is -0.508 e. The molecule has 0 amide bonds. The Bertz CT molecular complexity index is 1070. The van der Waals surface area contributed by atoms with Crippen LogP contribution in [0.4, 0.5) is 0 Å². The quantitative estimate of drug-likeness (QED) is 0.200. The molecule has 2 aromatic carbocycles. The predicted octanol–water partition coefficient (Wildman–Crippen LogP) is 6.56. The van der Waals surface area contributed by atoms with Gasteiger partial charge in [0.2, 0.25) is 0 Å². The van der Waals surface area contributed by atoms with E-state index in [0.717, 1.165) is 30.4 Å². The van der Waals surface area contributed by atoms with Gasteiger partial charge in [0.1, 0.15) is 24.0 Å². The van der Waals surface area contributed by atoms with Crippen LogP contribution in [0, 0.1) is 11.3 Å². The van der Waals surface area contributed by atoms with E-state index in [4.69, 9.17) is 30.5 Å². The van der Waals surface area contributed by atoms with E-state index in [0.29, 0.717) is 49.2 Å². The third-order valence-corrected chi connectivity index (χ3v) is 6.15. The number of rotatable bonds is 15. The summed E-state index contributed by atoms with van der Waals surface area (Å²) in [5.41, 5.74) is 1.38. The maximum absolute atomic E-state index is 11.6. The molecule has 8 heteroatoms. The number of phenols is 1. The third kappa shape index (κ3) is 10.5. The van der Waals surface area contributed by atoms with Gasteiger partial charge in [-0.2, -0.15) is 5.26 Å². The van der Waals surface area contributed by atoms with E-state index in [1.165, 1.54) is 0 Å². The summed E-state index contributed by atoms with van der Waals surface area (Å²) in [6.07, 6.45) is 3.33. The first-order chi connectivity index (χ1) is 17.9. The normalized spacial score (nSPS) is 11.7. The van der Waals surface area contributed by atoms with Crippen molar-refractivity contribution < 1.29 is 28.8 Å². The number of carbonyl (C=O) groups is 1. The number of ether oxygens (including phenoxy) is 4. The molecule has 0 saturated carbocycles. The Morgan fingerprint density at radius 1 is 0.895 bits per heavy atom. The molecule has 0 heterocycles. The molecule has 1 N–H and O–H groups in total. The zero-order valence-electron chi connectivity index (χ0n) is 23.1. The highest BCUT2D eigenvalue weighted by Crippen LogP contribution is 2.38. The lowest BCUT2D eigenvalue weighted by Crippen LogP contribution is -2.26. The number of benzene rings is 2. The number of esters is 1. The van der Waals surface area contributed by atoms with Gasteiger partial charge in [-0.3, -0.25) is 0 Å². The second-order valence-electron chi connectivity index (χ2n) is 10.6. The second kappa shape index (κ2) is 15.0. The first-order valence-corrected chi connectivity index (χ1v) is 13.4. The molecule has 2 aromatic rings. The fourth-order valence-electron chi connectivity index (χ4n) is 3.78. The summed E-state index contributed by atoms with van der Waals surface area (Å²) < 4.78 is 22.0. The standard InChI is InChI=1S/C30H40ClNO6/c1-29(2,3)38-27(34)21-36-16-9-15-35-14-7-6-8-17-37-28-22(20-32)18-24(19-26(28)31)30(4,5)23-10-12-25(33)13-11-23/h10-13,18-19,33H,6-9,14-17,21H2,1-5H3. The smallest absolute Gasteiger partial charge is 0.332 e. The molecule has 0 atom stereocenters. The molecule has 0 unspecified atom stereocenters. The van der Waals surface area contributed by atoms with Crippen molar-refractivity contribution in [1.82, 2.24) is 0 Å². The fraction of sp³-hybridized carbons (Fsp3) is 0.533. The van der Waals surface area contributed by atoms with E-state index < -0.39 is 11.0 Å². The monoisotopic (exact) mass is 545 g/mol. The molecule has 7 nitrogen and oxygen atoms in total. The molecule has 38 heavy (non-hydrogen) atoms. The fourth-order valence-corrected chi connectivity index (χ4v) is 4.05. The summed E-state index contributed by atoms with van der Waals surface area (Å²) in [7, 11) is 0. The van der Waals surface area contributed by atoms with Gasteiger partial charge >= 0.3 is 5.97 Å². The largest absolute Gasteiger partial charge is 0.508 e. The number of phenolic OH excluding ortho intramolecular Hbond substituents is 1. The van der Waals surface area contributed by atoms with Crippen molar-refractivity contribution in [2.45, 2.75) is 71.3 Å². The number of nitrogens with zero attached hydrogens (tertiary/aromatic N) is 1. The van der Waals surface area contributed by atoms with Gasteiger partial charge < -0.3 is 24.1 Å². The number of hydrogen-bond acceptors (Lipinski definition) is 7. The Kier molecular flexibility index (Phi) is 12.4. The molecular weight excluding hydrogens is 506 g/mol. The number of halogens is 1. The van der Waals surface area contributed by atoms with Crippen molar-refractivity contribution in [2.75, 3.05) is 33.0 Å². The number of aromatic hydroxyl groups is 1. The molecule has 0 fully saturated rings. The van der Waals surface area contributed by atoms with Crippen LogP contribution >= 0.6 is 11.6 Å². The summed E-state index contributed by atoms with van der Waals surface area (Å²) in [5, 5.41) is 19.7. The van der Waals surface area contributed by atoms with Crippen LogP contribution in [-0.2, 0) is 24.4 Å². The Morgan fingerprint density at radius 2 is 1.53 bits per heavy atom. The van der Waals surface area contributed by atoms with Crippen molar-refractivity contribution in [2.24, 2.45) is 0 Å². The summed E-state index contributed by atoms with van der Waals surface area (Å²) in [6.45, 7) is 11.6. The van der Waals surface area contributed by atoms with Crippen LogP contribution < -0.4 is 4.74 Å². The molecule has 0 aliphatic rings. The first kappa shape index (κ1) is 31.4. The maximum atomic E-state index is 11.6. The van der Waals surface area contributed by atoms with Gasteiger partial charge in [0.25, 0.3) is 0 Å². The van der Waals surface area contributed by atoms with Gasteiger partial charge in [-0.05, 0) is 81.8 Å². The van der Waals surface area contributed by atoms with Crippen LogP contribution in [0.3, 0.4) is 0 Å². The van der Waals surface area contributed by atoms with Gasteiger partial charge in [0.15, 0.2) is 5.75 Å². The van der Waals surface area contributed by atoms with Crippen LogP contribution in [-0.4, -0.2) is 49.7 Å². The molecule has 0 aliphatic heterocycles. The minimum absolute atomic E-state index is 0.0479. The molecule has 0 spiro atoms. The minimum atomic E-state index is -0.504. The Hall–Kier alpha value is -2.79. The molecule has 208 valence electrons. The van der Waals surface area contributed by atoms with E-state index in [-0.39, 0.29) is 18.3 Å². The van der Waals surface area contributed by atoms with Crippen LogP contribution in [0.15, 0.2) is 36.4 Å². The lowest BCUT2D eigenvalue weighted by atomic mass is 9.77. The van der Waals surface area contributed by atoms with Crippen LogP contribution in [0.25, 0.3) is 0 Å². The number of carbonyl (C=O) groups excluding carboxylic acids is 1. The maximum Gasteiger partial charge on any atom is 0.332 e. The molecule has 0 aliphatic carbocycles. The molecule has 2 rings (SSSR count). The van der Waals surface area contributed by atoms with Crippen LogP contribution in [0.1, 0.15) is 77.0 Å². The van der Waals surface area contributed by atoms with E-state index in [9.17, 15) is 15.2 Å². The first-order valence-electron chi connectivity index (χ1n) is 13.0. The van der Waals surface area contributed by atoms with Crippen molar-refractivity contribution in [1.29, 1.82) is 5.26 Å². The van der Waals surface area contributed by atoms with Crippen molar-refractivity contribution in [3.8, 4) is 17.6 Å². The lowest BCUT2D eigenvalue weighted by Gasteiger charge is -2.27. The van der Waals surface area contributed by atoms with E-state index >= 15 is 0 Å². The number of hydrogen-bond donors (Lipinski definition) is 1. The summed E-state index contributed by atoms with van der Waals surface area (Å²) in [5.74, 6) is 0.247. The van der Waals surface area contributed by atoms with Gasteiger partial charge in [0, 0.05) is 25.2 Å². The van der Waals surface area contributed by atoms with E-state index in [1.54, 1.807) is 12.1 Å². The Labute approximate surface area is 231 Å². The Balaban J connectivity index is 1.68. The number of nitriles is 1. The topological polar surface area (TPSA) is 98.0 Å². The molecule has 0 aromatic heterocycles. The van der Waals surface area contributed by atoms with E-state index in [2.05, 4.69) is 6.07 Å². The summed E-state index contributed by atoms with van der Waals surface area (Å²) >= 11 is 6.54. The van der Waals surface area contributed by atoms with Crippen molar-refractivity contribution in [3.05, 3.63) is 58.1 Å². The SMILES string of the molecule is CC(C)(C)OC(=O)COCCCOCCCCCOc1c(Cl)cc(C(C)(C)c2ccc(O)cc2)cc1C#N. The molecule has 0 bridgehead atoms. The van der Waals surface area contributed by atoms with Gasteiger partial charge in [0.05, 0.1) is 17.2 Å². The number of unbranched alkanes of at least 4 members (excludes halogenated alkanes) is 2. The second-order valence-corrected chi connectivity index (χ2v) is 11.0. The molecule has 0 saturated heterocycles. The highest BCUT2D eigenvalue weighted by molar-refractivity contribution is 6.32. The zero-order chi connectivity index (χ0) is 28.2. The van der Waals surface area contributed by atoms with Gasteiger partial charge in [-0.25, -0.2) is 4.79 Å². The highest BCUT2D eigenvalue weighted by Gasteiger charge is 2.26. The molecular formula is C30H40ClNO6.